The van der Waals surface area contributed by atoms with Gasteiger partial charge in [0.05, 0.1) is 23.6 Å². The van der Waals surface area contributed by atoms with Crippen molar-refractivity contribution in [3.8, 4) is 11.8 Å². The van der Waals surface area contributed by atoms with Crippen LogP contribution in [-0.2, 0) is 16.0 Å². The second kappa shape index (κ2) is 5.93. The number of methoxy groups -OCH3 is 1. The van der Waals surface area contributed by atoms with Crippen molar-refractivity contribution in [3.63, 3.8) is 0 Å². The van der Waals surface area contributed by atoms with E-state index in [9.17, 15) is 18.0 Å². The Morgan fingerprint density at radius 2 is 2.11 bits per heavy atom. The van der Waals surface area contributed by atoms with E-state index >= 15 is 0 Å². The highest BCUT2D eigenvalue weighted by atomic mass is 79.9. The lowest BCUT2D eigenvalue weighted by molar-refractivity contribution is -0.275. The van der Waals surface area contributed by atoms with Crippen LogP contribution in [0.4, 0.5) is 13.2 Å². The topological polar surface area (TPSA) is 59.3 Å². The summed E-state index contributed by atoms with van der Waals surface area (Å²) in [4.78, 5) is 11.1. The van der Waals surface area contributed by atoms with Crippen molar-refractivity contribution >= 4 is 21.9 Å². The van der Waals surface area contributed by atoms with Crippen LogP contribution in [-0.4, -0.2) is 19.4 Å². The Morgan fingerprint density at radius 3 is 2.58 bits per heavy atom. The molecule has 0 aliphatic rings. The first-order chi connectivity index (χ1) is 8.76. The number of nitriles is 1. The molecule has 0 N–H and O–H groups in total. The fraction of sp³-hybridized carbons (Fsp3) is 0.273. The number of ether oxygens (including phenoxy) is 2. The van der Waals surface area contributed by atoms with Crippen LogP contribution in [0.5, 0.6) is 5.75 Å². The van der Waals surface area contributed by atoms with Crippen LogP contribution in [0.25, 0.3) is 0 Å². The standard InChI is InChI=1S/C11H7BrF3NO3/c1-18-9(17)4-6-2-7(5-16)10(8(12)3-6)19-11(13,14)15/h2-3H,4H2,1H3. The number of carbonyl (C=O) groups excluding carboxylic acids is 1. The number of hydrogen-bond donors (Lipinski definition) is 0. The molecule has 0 aliphatic carbocycles. The quantitative estimate of drug-likeness (QED) is 0.795. The highest BCUT2D eigenvalue weighted by molar-refractivity contribution is 9.10. The number of halogens is 4. The van der Waals surface area contributed by atoms with E-state index in [1.54, 1.807) is 6.07 Å². The summed E-state index contributed by atoms with van der Waals surface area (Å²) < 4.78 is 44.6. The summed E-state index contributed by atoms with van der Waals surface area (Å²) in [5, 5.41) is 8.82. The van der Waals surface area contributed by atoms with E-state index in [1.165, 1.54) is 13.2 Å². The molecule has 0 radical (unpaired) electrons. The zero-order chi connectivity index (χ0) is 14.6. The minimum atomic E-state index is -4.90. The SMILES string of the molecule is COC(=O)Cc1cc(Br)c(OC(F)(F)F)c(C#N)c1. The Hall–Kier alpha value is -1.75. The summed E-state index contributed by atoms with van der Waals surface area (Å²) in [6.07, 6.45) is -5.06. The van der Waals surface area contributed by atoms with Crippen LogP contribution < -0.4 is 4.74 Å². The summed E-state index contributed by atoms with van der Waals surface area (Å²) in [6.45, 7) is 0. The predicted molar refractivity (Wildman–Crippen MR) is 61.3 cm³/mol. The summed E-state index contributed by atoms with van der Waals surface area (Å²) in [5.74, 6) is -1.20. The molecule has 102 valence electrons. The van der Waals surface area contributed by atoms with Crippen LogP contribution in [0.1, 0.15) is 11.1 Å². The average Bonchev–Trinajstić information content (AvgIpc) is 2.30. The largest absolute Gasteiger partial charge is 0.573 e. The third kappa shape index (κ3) is 4.44. The molecule has 0 unspecified atom stereocenters. The molecule has 0 fully saturated rings. The van der Waals surface area contributed by atoms with Gasteiger partial charge in [-0.25, -0.2) is 0 Å². The molecule has 1 aromatic carbocycles. The summed E-state index contributed by atoms with van der Waals surface area (Å²) >= 11 is 2.88. The van der Waals surface area contributed by atoms with Crippen LogP contribution in [0, 0.1) is 11.3 Å². The smallest absolute Gasteiger partial charge is 0.469 e. The van der Waals surface area contributed by atoms with Gasteiger partial charge in [0, 0.05) is 0 Å². The van der Waals surface area contributed by atoms with E-state index in [-0.39, 0.29) is 16.5 Å². The second-order valence-corrected chi connectivity index (χ2v) is 4.22. The summed E-state index contributed by atoms with van der Waals surface area (Å²) in [7, 11) is 1.18. The van der Waals surface area contributed by atoms with Gasteiger partial charge in [-0.1, -0.05) is 0 Å². The van der Waals surface area contributed by atoms with Gasteiger partial charge in [-0.3, -0.25) is 4.79 Å². The third-order valence-corrected chi connectivity index (χ3v) is 2.61. The van der Waals surface area contributed by atoms with E-state index in [0.717, 1.165) is 6.07 Å². The number of benzene rings is 1. The van der Waals surface area contributed by atoms with Gasteiger partial charge in [-0.2, -0.15) is 5.26 Å². The molecule has 0 saturated heterocycles. The molecule has 0 spiro atoms. The first-order valence-electron chi connectivity index (χ1n) is 4.82. The molecular weight excluding hydrogens is 331 g/mol. The number of carbonyl (C=O) groups is 1. The Kier molecular flexibility index (Phi) is 4.78. The maximum Gasteiger partial charge on any atom is 0.573 e. The van der Waals surface area contributed by atoms with Crippen molar-refractivity contribution in [1.82, 2.24) is 0 Å². The van der Waals surface area contributed by atoms with E-state index in [4.69, 9.17) is 5.26 Å². The fourth-order valence-corrected chi connectivity index (χ4v) is 1.88. The molecule has 4 nitrogen and oxygen atoms in total. The predicted octanol–water partition coefficient (Wildman–Crippen LogP) is 2.93. The number of hydrogen-bond acceptors (Lipinski definition) is 4. The van der Waals surface area contributed by atoms with Crippen LogP contribution >= 0.6 is 15.9 Å². The Balaban J connectivity index is 3.16. The van der Waals surface area contributed by atoms with Crippen molar-refractivity contribution in [2.24, 2.45) is 0 Å². The van der Waals surface area contributed by atoms with E-state index < -0.39 is 18.1 Å². The van der Waals surface area contributed by atoms with E-state index in [0.29, 0.717) is 5.56 Å². The maximum absolute atomic E-state index is 12.2. The van der Waals surface area contributed by atoms with Gasteiger partial charge >= 0.3 is 12.3 Å². The number of nitrogens with zero attached hydrogens (tertiary/aromatic N) is 1. The molecule has 0 saturated carbocycles. The van der Waals surface area contributed by atoms with Crippen LogP contribution in [0.3, 0.4) is 0 Å². The van der Waals surface area contributed by atoms with Crippen LogP contribution in [0.2, 0.25) is 0 Å². The van der Waals surface area contributed by atoms with Crippen molar-refractivity contribution in [2.75, 3.05) is 7.11 Å². The monoisotopic (exact) mass is 337 g/mol. The second-order valence-electron chi connectivity index (χ2n) is 3.37. The zero-order valence-corrected chi connectivity index (χ0v) is 11.1. The first kappa shape index (κ1) is 15.3. The van der Waals surface area contributed by atoms with Crippen LogP contribution in [0.15, 0.2) is 16.6 Å². The van der Waals surface area contributed by atoms with Crippen molar-refractivity contribution in [3.05, 3.63) is 27.7 Å². The zero-order valence-electron chi connectivity index (χ0n) is 9.55. The van der Waals surface area contributed by atoms with Gasteiger partial charge in [-0.15, -0.1) is 13.2 Å². The highest BCUT2D eigenvalue weighted by Gasteiger charge is 2.33. The maximum atomic E-state index is 12.2. The molecule has 0 aromatic heterocycles. The summed E-state index contributed by atoms with van der Waals surface area (Å²) in [5.41, 5.74) is 0.00963. The van der Waals surface area contributed by atoms with Crippen molar-refractivity contribution < 1.29 is 27.4 Å². The molecule has 0 amide bonds. The third-order valence-electron chi connectivity index (χ3n) is 2.02. The van der Waals surface area contributed by atoms with Gasteiger partial charge in [0.1, 0.15) is 6.07 Å². The van der Waals surface area contributed by atoms with Gasteiger partial charge in [-0.05, 0) is 33.6 Å². The fourth-order valence-electron chi connectivity index (χ4n) is 1.29. The normalized spacial score (nSPS) is 10.7. The Bertz CT molecular complexity index is 537. The number of alkyl halides is 3. The molecule has 0 atom stereocenters. The molecular formula is C11H7BrF3NO3. The van der Waals surface area contributed by atoms with Crippen molar-refractivity contribution in [1.29, 1.82) is 5.26 Å². The van der Waals surface area contributed by atoms with Gasteiger partial charge in [0.25, 0.3) is 0 Å². The summed E-state index contributed by atoms with van der Waals surface area (Å²) in [6, 6.07) is 3.99. The molecule has 19 heavy (non-hydrogen) atoms. The molecule has 1 rings (SSSR count). The minimum Gasteiger partial charge on any atom is -0.469 e. The van der Waals surface area contributed by atoms with E-state index in [2.05, 4.69) is 25.4 Å². The van der Waals surface area contributed by atoms with Crippen molar-refractivity contribution in [2.45, 2.75) is 12.8 Å². The van der Waals surface area contributed by atoms with Gasteiger partial charge in [0.2, 0.25) is 0 Å². The minimum absolute atomic E-state index is 0.0669. The first-order valence-corrected chi connectivity index (χ1v) is 5.61. The molecule has 0 aliphatic heterocycles. The van der Waals surface area contributed by atoms with E-state index in [1.807, 2.05) is 0 Å². The van der Waals surface area contributed by atoms with Gasteiger partial charge < -0.3 is 9.47 Å². The average molecular weight is 338 g/mol. The molecule has 0 bridgehead atoms. The molecule has 1 aromatic rings. The lowest BCUT2D eigenvalue weighted by atomic mass is 10.1. The number of rotatable bonds is 3. The Labute approximate surface area is 114 Å². The highest BCUT2D eigenvalue weighted by Crippen LogP contribution is 2.34. The molecule has 0 heterocycles. The van der Waals surface area contributed by atoms with Gasteiger partial charge in [0.15, 0.2) is 5.75 Å². The lowest BCUT2D eigenvalue weighted by Crippen LogP contribution is -2.18. The number of esters is 1. The molecule has 8 heteroatoms. The lowest BCUT2D eigenvalue weighted by Gasteiger charge is -2.13. The Morgan fingerprint density at radius 1 is 1.47 bits per heavy atom.